The van der Waals surface area contributed by atoms with Gasteiger partial charge in [-0.2, -0.15) is 0 Å². The maximum atomic E-state index is 13.2. The Balaban J connectivity index is 1.32. The predicted octanol–water partition coefficient (Wildman–Crippen LogP) is 6.10. The van der Waals surface area contributed by atoms with Gasteiger partial charge in [-0.1, -0.05) is 42.5 Å². The molecule has 1 aliphatic rings. The Kier molecular flexibility index (Phi) is 5.23. The van der Waals surface area contributed by atoms with Gasteiger partial charge in [-0.3, -0.25) is 9.59 Å². The number of nitrogens with zero attached hydrogens (tertiary/aromatic N) is 1. The van der Waals surface area contributed by atoms with Crippen molar-refractivity contribution in [2.75, 3.05) is 6.54 Å². The molecule has 0 saturated carbocycles. The van der Waals surface area contributed by atoms with E-state index in [9.17, 15) is 9.59 Å². The summed E-state index contributed by atoms with van der Waals surface area (Å²) in [6.45, 7) is 0.707. The van der Waals surface area contributed by atoms with Crippen molar-refractivity contribution in [1.82, 2.24) is 4.90 Å². The number of thiophene rings is 2. The van der Waals surface area contributed by atoms with Crippen molar-refractivity contribution in [2.24, 2.45) is 0 Å². The highest BCUT2D eigenvalue weighted by Crippen LogP contribution is 2.39. The summed E-state index contributed by atoms with van der Waals surface area (Å²) in [6.07, 6.45) is 1.37. The number of fused-ring (bicyclic) bond motifs is 2. The number of rotatable bonds is 5. The van der Waals surface area contributed by atoms with Crippen LogP contribution in [-0.4, -0.2) is 23.1 Å². The number of amides is 1. The average Bonchev–Trinajstić information content (AvgIpc) is 3.48. The highest BCUT2D eigenvalue weighted by atomic mass is 32.1. The summed E-state index contributed by atoms with van der Waals surface area (Å²) in [5.74, 6) is 0.0781. The molecule has 0 N–H and O–H groups in total. The van der Waals surface area contributed by atoms with E-state index in [0.29, 0.717) is 12.1 Å². The summed E-state index contributed by atoms with van der Waals surface area (Å²) in [5, 5.41) is 6.34. The number of hydrogen-bond donors (Lipinski definition) is 0. The van der Waals surface area contributed by atoms with Crippen LogP contribution in [0.3, 0.4) is 0 Å². The summed E-state index contributed by atoms with van der Waals surface area (Å²) in [4.78, 5) is 30.5. The van der Waals surface area contributed by atoms with Crippen LogP contribution in [0.5, 0.6) is 0 Å². The fourth-order valence-electron chi connectivity index (χ4n) is 4.21. The molecule has 4 aromatic rings. The van der Waals surface area contributed by atoms with Crippen LogP contribution in [-0.2, 0) is 11.2 Å². The summed E-state index contributed by atoms with van der Waals surface area (Å²) < 4.78 is 0. The third-order valence-corrected chi connectivity index (χ3v) is 7.66. The summed E-state index contributed by atoms with van der Waals surface area (Å²) in [5.41, 5.74) is 1.91. The van der Waals surface area contributed by atoms with Gasteiger partial charge in [0.1, 0.15) is 0 Å². The minimum absolute atomic E-state index is 0.0232. The van der Waals surface area contributed by atoms with Crippen molar-refractivity contribution in [3.63, 3.8) is 0 Å². The molecule has 0 aliphatic carbocycles. The van der Waals surface area contributed by atoms with Gasteiger partial charge in [0.15, 0.2) is 5.78 Å². The molecule has 5 heteroatoms. The van der Waals surface area contributed by atoms with E-state index in [1.165, 1.54) is 15.3 Å². The first-order chi connectivity index (χ1) is 14.7. The van der Waals surface area contributed by atoms with Gasteiger partial charge in [0.25, 0.3) is 0 Å². The fourth-order valence-corrected chi connectivity index (χ4v) is 5.97. The molecular formula is C25H21NO2S2. The van der Waals surface area contributed by atoms with Crippen molar-refractivity contribution < 1.29 is 9.59 Å². The zero-order valence-electron chi connectivity index (χ0n) is 16.4. The van der Waals surface area contributed by atoms with E-state index in [4.69, 9.17) is 0 Å². The molecule has 0 spiro atoms. The second kappa shape index (κ2) is 8.17. The van der Waals surface area contributed by atoms with E-state index < -0.39 is 0 Å². The molecular weight excluding hydrogens is 410 g/mol. The number of hydrogen-bond acceptors (Lipinski definition) is 4. The lowest BCUT2D eigenvalue weighted by atomic mass is 9.97. The summed E-state index contributed by atoms with van der Waals surface area (Å²) in [6, 6.07) is 20.0. The second-order valence-corrected chi connectivity index (χ2v) is 9.52. The van der Waals surface area contributed by atoms with Gasteiger partial charge < -0.3 is 4.90 Å². The molecule has 1 atom stereocenters. The SMILES string of the molecule is O=C(CCC(=O)N1CCc2sccc2[C@@H]1c1cccs1)c1ccc2ccccc2c1. The quantitative estimate of drug-likeness (QED) is 0.358. The van der Waals surface area contributed by atoms with Crippen LogP contribution < -0.4 is 0 Å². The summed E-state index contributed by atoms with van der Waals surface area (Å²) >= 11 is 3.45. The first-order valence-electron chi connectivity index (χ1n) is 10.1. The molecule has 2 aromatic heterocycles. The second-order valence-electron chi connectivity index (χ2n) is 7.54. The molecule has 150 valence electrons. The third kappa shape index (κ3) is 3.59. The molecule has 1 amide bonds. The first kappa shape index (κ1) is 19.2. The van der Waals surface area contributed by atoms with Gasteiger partial charge in [0.2, 0.25) is 5.91 Å². The fraction of sp³-hybridized carbons (Fsp3) is 0.200. The Morgan fingerprint density at radius 2 is 1.77 bits per heavy atom. The van der Waals surface area contributed by atoms with E-state index in [1.807, 2.05) is 53.4 Å². The lowest BCUT2D eigenvalue weighted by molar-refractivity contribution is -0.133. The van der Waals surface area contributed by atoms with Crippen molar-refractivity contribution in [3.8, 4) is 0 Å². The van der Waals surface area contributed by atoms with Crippen LogP contribution in [0.2, 0.25) is 0 Å². The van der Waals surface area contributed by atoms with Crippen LogP contribution in [0.15, 0.2) is 71.4 Å². The Morgan fingerprint density at radius 3 is 2.60 bits per heavy atom. The van der Waals surface area contributed by atoms with Crippen molar-refractivity contribution in [3.05, 3.63) is 92.3 Å². The molecule has 3 nitrogen and oxygen atoms in total. The van der Waals surface area contributed by atoms with Gasteiger partial charge >= 0.3 is 0 Å². The lowest BCUT2D eigenvalue weighted by Crippen LogP contribution is -2.39. The molecule has 0 bridgehead atoms. The van der Waals surface area contributed by atoms with E-state index in [0.717, 1.165) is 17.2 Å². The average molecular weight is 432 g/mol. The normalized spacial score (nSPS) is 15.9. The zero-order chi connectivity index (χ0) is 20.5. The predicted molar refractivity (Wildman–Crippen MR) is 123 cm³/mol. The van der Waals surface area contributed by atoms with E-state index in [1.54, 1.807) is 22.7 Å². The zero-order valence-corrected chi connectivity index (χ0v) is 18.0. The van der Waals surface area contributed by atoms with Crippen LogP contribution in [0, 0.1) is 0 Å². The monoisotopic (exact) mass is 431 g/mol. The molecule has 0 unspecified atom stereocenters. The van der Waals surface area contributed by atoms with Gasteiger partial charge in [-0.05, 0) is 51.7 Å². The van der Waals surface area contributed by atoms with Crippen molar-refractivity contribution in [1.29, 1.82) is 0 Å². The van der Waals surface area contributed by atoms with Crippen molar-refractivity contribution >= 4 is 45.1 Å². The highest BCUT2D eigenvalue weighted by molar-refractivity contribution is 7.10. The topological polar surface area (TPSA) is 37.4 Å². The highest BCUT2D eigenvalue weighted by Gasteiger charge is 2.33. The maximum absolute atomic E-state index is 13.2. The largest absolute Gasteiger partial charge is 0.330 e. The molecule has 1 aliphatic heterocycles. The third-order valence-electron chi connectivity index (χ3n) is 5.74. The number of benzene rings is 2. The first-order valence-corrected chi connectivity index (χ1v) is 11.9. The Hall–Kier alpha value is -2.76. The van der Waals surface area contributed by atoms with Crippen LogP contribution in [0.1, 0.15) is 44.6 Å². The minimum Gasteiger partial charge on any atom is -0.330 e. The minimum atomic E-state index is -0.0247. The number of carbonyl (C=O) groups excluding carboxylic acids is 2. The smallest absolute Gasteiger partial charge is 0.223 e. The molecule has 0 fully saturated rings. The van der Waals surface area contributed by atoms with E-state index >= 15 is 0 Å². The molecule has 5 rings (SSSR count). The molecule has 2 aromatic carbocycles. The summed E-state index contributed by atoms with van der Waals surface area (Å²) in [7, 11) is 0. The molecule has 3 heterocycles. The maximum Gasteiger partial charge on any atom is 0.223 e. The van der Waals surface area contributed by atoms with Gasteiger partial charge in [-0.15, -0.1) is 22.7 Å². The van der Waals surface area contributed by atoms with Crippen LogP contribution in [0.4, 0.5) is 0 Å². The molecule has 0 saturated heterocycles. The lowest BCUT2D eigenvalue weighted by Gasteiger charge is -2.35. The Bertz CT molecular complexity index is 1210. The van der Waals surface area contributed by atoms with Gasteiger partial charge in [0, 0.05) is 34.7 Å². The van der Waals surface area contributed by atoms with Gasteiger partial charge in [0.05, 0.1) is 6.04 Å². The molecule has 30 heavy (non-hydrogen) atoms. The number of Topliss-reactive ketones (excluding diaryl/α,β-unsaturated/α-hetero) is 1. The number of ketones is 1. The van der Waals surface area contributed by atoms with Gasteiger partial charge in [-0.25, -0.2) is 0 Å². The van der Waals surface area contributed by atoms with Crippen molar-refractivity contribution in [2.45, 2.75) is 25.3 Å². The van der Waals surface area contributed by atoms with E-state index in [-0.39, 0.29) is 30.6 Å². The Labute approximate surface area is 183 Å². The molecule has 0 radical (unpaired) electrons. The van der Waals surface area contributed by atoms with Crippen LogP contribution >= 0.6 is 22.7 Å². The van der Waals surface area contributed by atoms with E-state index in [2.05, 4.69) is 22.9 Å². The standard InChI is InChI=1S/C25H21NO2S2/c27-21(19-8-7-17-4-1-2-5-18(17)16-19)9-10-24(28)26-13-11-22-20(12-15-30-22)25(26)23-6-3-14-29-23/h1-8,12,14-16,25H,9-11,13H2/t25-/m1/s1. The number of carbonyl (C=O) groups is 2. The Morgan fingerprint density at radius 1 is 0.900 bits per heavy atom. The van der Waals surface area contributed by atoms with Crippen LogP contribution in [0.25, 0.3) is 10.8 Å².